The summed E-state index contributed by atoms with van der Waals surface area (Å²) in [5.41, 5.74) is 1.59. The first-order valence-electron chi connectivity index (χ1n) is 8.45. The predicted octanol–water partition coefficient (Wildman–Crippen LogP) is 3.64. The maximum absolute atomic E-state index is 13.1. The lowest BCUT2D eigenvalue weighted by molar-refractivity contribution is -0.127. The first kappa shape index (κ1) is 18.6. The summed E-state index contributed by atoms with van der Waals surface area (Å²) in [4.78, 5) is 29.1. The second-order valence-electron chi connectivity index (χ2n) is 7.06. The lowest BCUT2D eigenvalue weighted by Crippen LogP contribution is -2.60. The van der Waals surface area contributed by atoms with Crippen molar-refractivity contribution in [2.45, 2.75) is 25.9 Å². The van der Waals surface area contributed by atoms with Crippen LogP contribution in [0, 0.1) is 0 Å². The first-order chi connectivity index (χ1) is 12.3. The van der Waals surface area contributed by atoms with E-state index >= 15 is 0 Å². The summed E-state index contributed by atoms with van der Waals surface area (Å²) in [6.45, 7) is 4.41. The van der Waals surface area contributed by atoms with Crippen molar-refractivity contribution < 1.29 is 9.59 Å². The van der Waals surface area contributed by atoms with Crippen LogP contribution < -0.4 is 10.2 Å². The van der Waals surface area contributed by atoms with Gasteiger partial charge in [0.15, 0.2) is 0 Å². The summed E-state index contributed by atoms with van der Waals surface area (Å²) >= 11 is 3.43. The first-order valence-corrected chi connectivity index (χ1v) is 9.25. The van der Waals surface area contributed by atoms with Gasteiger partial charge in [-0.3, -0.25) is 19.4 Å². The van der Waals surface area contributed by atoms with Crippen LogP contribution in [-0.2, 0) is 16.1 Å². The summed E-state index contributed by atoms with van der Waals surface area (Å²) in [5, 5.41) is 2.88. The Morgan fingerprint density at radius 2 is 1.81 bits per heavy atom. The molecule has 2 aromatic carbocycles. The molecule has 0 saturated carbocycles. The molecule has 6 heteroatoms. The van der Waals surface area contributed by atoms with Crippen molar-refractivity contribution in [3.63, 3.8) is 0 Å². The fourth-order valence-electron chi connectivity index (χ4n) is 3.16. The second kappa shape index (κ2) is 7.21. The van der Waals surface area contributed by atoms with Gasteiger partial charge in [0.1, 0.15) is 5.54 Å². The van der Waals surface area contributed by atoms with E-state index in [4.69, 9.17) is 0 Å². The highest BCUT2D eigenvalue weighted by molar-refractivity contribution is 9.10. The topological polar surface area (TPSA) is 52.7 Å². The van der Waals surface area contributed by atoms with E-state index < -0.39 is 5.54 Å². The highest BCUT2D eigenvalue weighted by Crippen LogP contribution is 2.36. The lowest BCUT2D eigenvalue weighted by Gasteiger charge is -2.42. The summed E-state index contributed by atoms with van der Waals surface area (Å²) in [7, 11) is 1.91. The van der Waals surface area contributed by atoms with Crippen LogP contribution in [0.25, 0.3) is 0 Å². The third kappa shape index (κ3) is 3.66. The second-order valence-corrected chi connectivity index (χ2v) is 7.97. The number of fused-ring (bicyclic) bond motifs is 1. The van der Waals surface area contributed by atoms with Crippen molar-refractivity contribution in [2.75, 3.05) is 23.8 Å². The molecule has 2 aromatic rings. The molecule has 0 radical (unpaired) electrons. The van der Waals surface area contributed by atoms with Crippen molar-refractivity contribution >= 4 is 39.1 Å². The number of amides is 2. The Hall–Kier alpha value is -2.18. The number of anilines is 2. The van der Waals surface area contributed by atoms with Gasteiger partial charge in [0.2, 0.25) is 11.8 Å². The molecule has 0 bridgehead atoms. The number of carbonyl (C=O) groups excluding carboxylic acids is 2. The maximum Gasteiger partial charge on any atom is 0.250 e. The van der Waals surface area contributed by atoms with Gasteiger partial charge in [0, 0.05) is 11.0 Å². The molecule has 1 aliphatic heterocycles. The number of likely N-dealkylation sites (N-methyl/N-ethyl adjacent to an activating group) is 1. The number of para-hydroxylation sites is 2. The van der Waals surface area contributed by atoms with Gasteiger partial charge in [-0.15, -0.1) is 0 Å². The number of halogens is 1. The van der Waals surface area contributed by atoms with Crippen molar-refractivity contribution in [1.29, 1.82) is 0 Å². The van der Waals surface area contributed by atoms with Crippen LogP contribution in [0.15, 0.2) is 53.0 Å². The number of nitrogens with zero attached hydrogens (tertiary/aromatic N) is 2. The monoisotopic (exact) mass is 415 g/mol. The van der Waals surface area contributed by atoms with E-state index in [9.17, 15) is 9.59 Å². The van der Waals surface area contributed by atoms with E-state index in [1.165, 1.54) is 0 Å². The van der Waals surface area contributed by atoms with E-state index in [0.717, 1.165) is 15.7 Å². The van der Waals surface area contributed by atoms with Gasteiger partial charge < -0.3 is 5.32 Å². The van der Waals surface area contributed by atoms with Gasteiger partial charge in [-0.25, -0.2) is 0 Å². The van der Waals surface area contributed by atoms with E-state index in [-0.39, 0.29) is 18.4 Å². The largest absolute Gasteiger partial charge is 0.322 e. The van der Waals surface area contributed by atoms with Crippen LogP contribution in [0.1, 0.15) is 19.4 Å². The van der Waals surface area contributed by atoms with Crippen LogP contribution in [0.3, 0.4) is 0 Å². The van der Waals surface area contributed by atoms with Crippen molar-refractivity contribution in [1.82, 2.24) is 4.90 Å². The molecule has 0 fully saturated rings. The zero-order valence-electron chi connectivity index (χ0n) is 15.1. The Labute approximate surface area is 162 Å². The maximum atomic E-state index is 13.1. The average Bonchev–Trinajstić information content (AvgIpc) is 2.57. The molecule has 0 aliphatic carbocycles. The quantitative estimate of drug-likeness (QED) is 0.828. The summed E-state index contributed by atoms with van der Waals surface area (Å²) in [5.74, 6) is -0.281. The summed E-state index contributed by atoms with van der Waals surface area (Å²) in [6.07, 6.45) is 0. The van der Waals surface area contributed by atoms with Crippen LogP contribution >= 0.6 is 15.9 Å². The Bertz CT molecular complexity index is 833. The molecular formula is C20H22BrN3O2. The van der Waals surface area contributed by atoms with Crippen LogP contribution in [0.4, 0.5) is 11.4 Å². The smallest absolute Gasteiger partial charge is 0.250 e. The summed E-state index contributed by atoms with van der Waals surface area (Å²) < 4.78 is 1.03. The third-order valence-electron chi connectivity index (χ3n) is 4.53. The number of benzene rings is 2. The van der Waals surface area contributed by atoms with Crippen LogP contribution in [0.5, 0.6) is 0 Å². The van der Waals surface area contributed by atoms with Gasteiger partial charge in [-0.2, -0.15) is 0 Å². The Balaban J connectivity index is 1.79. The Morgan fingerprint density at radius 3 is 2.50 bits per heavy atom. The average molecular weight is 416 g/mol. The summed E-state index contributed by atoms with van der Waals surface area (Å²) in [6, 6.07) is 15.4. The highest BCUT2D eigenvalue weighted by atomic mass is 79.9. The molecule has 2 amide bonds. The fraction of sp³-hybridized carbons (Fsp3) is 0.300. The van der Waals surface area contributed by atoms with E-state index in [2.05, 4.69) is 21.2 Å². The van der Waals surface area contributed by atoms with Gasteiger partial charge in [0.05, 0.1) is 17.9 Å². The zero-order valence-corrected chi connectivity index (χ0v) is 16.7. The van der Waals surface area contributed by atoms with Gasteiger partial charge in [-0.05, 0) is 50.7 Å². The number of carbonyl (C=O) groups is 2. The molecule has 5 nitrogen and oxygen atoms in total. The molecule has 0 atom stereocenters. The molecule has 26 heavy (non-hydrogen) atoms. The zero-order chi connectivity index (χ0) is 18.9. The number of hydrogen-bond donors (Lipinski definition) is 1. The third-order valence-corrected chi connectivity index (χ3v) is 5.06. The molecule has 1 aliphatic rings. The Morgan fingerprint density at radius 1 is 1.15 bits per heavy atom. The molecule has 0 aromatic heterocycles. The highest BCUT2D eigenvalue weighted by Gasteiger charge is 2.43. The molecule has 3 rings (SSSR count). The van der Waals surface area contributed by atoms with Gasteiger partial charge >= 0.3 is 0 Å². The number of nitrogens with one attached hydrogen (secondary N) is 1. The van der Waals surface area contributed by atoms with Crippen molar-refractivity contribution in [3.8, 4) is 0 Å². The van der Waals surface area contributed by atoms with E-state index in [0.29, 0.717) is 12.2 Å². The number of hydrogen-bond acceptors (Lipinski definition) is 3. The SMILES string of the molecule is CN(CC(=O)N1c2ccccc2NC(=O)C1(C)C)Cc1ccc(Br)cc1. The van der Waals surface area contributed by atoms with Crippen LogP contribution in [0.2, 0.25) is 0 Å². The minimum Gasteiger partial charge on any atom is -0.322 e. The lowest BCUT2D eigenvalue weighted by atomic mass is 9.96. The standard InChI is InChI=1S/C20H22BrN3O2/c1-20(2)19(26)22-16-6-4-5-7-17(16)24(20)18(25)13-23(3)12-14-8-10-15(21)11-9-14/h4-11H,12-13H2,1-3H3,(H,22,26). The molecule has 0 unspecified atom stereocenters. The number of rotatable bonds is 4. The molecule has 1 heterocycles. The van der Waals surface area contributed by atoms with Crippen LogP contribution in [-0.4, -0.2) is 35.8 Å². The molecular weight excluding hydrogens is 394 g/mol. The fourth-order valence-corrected chi connectivity index (χ4v) is 3.42. The van der Waals surface area contributed by atoms with Crippen molar-refractivity contribution in [2.24, 2.45) is 0 Å². The van der Waals surface area contributed by atoms with Crippen molar-refractivity contribution in [3.05, 3.63) is 58.6 Å². The molecule has 0 saturated heterocycles. The predicted molar refractivity (Wildman–Crippen MR) is 107 cm³/mol. The van der Waals surface area contributed by atoms with Gasteiger partial charge in [0.25, 0.3) is 0 Å². The van der Waals surface area contributed by atoms with E-state index in [1.807, 2.05) is 60.5 Å². The minimum absolute atomic E-state index is 0.100. The molecule has 136 valence electrons. The van der Waals surface area contributed by atoms with Gasteiger partial charge in [-0.1, -0.05) is 40.2 Å². The Kier molecular flexibility index (Phi) is 5.16. The molecule has 1 N–H and O–H groups in total. The molecule has 0 spiro atoms. The van der Waals surface area contributed by atoms with E-state index in [1.54, 1.807) is 18.7 Å². The minimum atomic E-state index is -0.941. The normalized spacial score (nSPS) is 15.6.